The van der Waals surface area contributed by atoms with Crippen LogP contribution in [0.4, 0.5) is 10.1 Å². The molecule has 32 heavy (non-hydrogen) atoms. The number of nitrogens with zero attached hydrogens (tertiary/aromatic N) is 2. The quantitative estimate of drug-likeness (QED) is 0.430. The highest BCUT2D eigenvalue weighted by Crippen LogP contribution is 2.34. The van der Waals surface area contributed by atoms with Crippen molar-refractivity contribution >= 4 is 22.3 Å². The molecule has 2 N–H and O–H groups in total. The minimum absolute atomic E-state index is 0.0463. The molecule has 1 aliphatic heterocycles. The van der Waals surface area contributed by atoms with Crippen LogP contribution in [0.2, 0.25) is 0 Å². The zero-order valence-corrected chi connectivity index (χ0v) is 18.0. The van der Waals surface area contributed by atoms with Crippen LogP contribution in [-0.4, -0.2) is 41.4 Å². The molecule has 5 nitrogen and oxygen atoms in total. The van der Waals surface area contributed by atoms with E-state index in [0.29, 0.717) is 28.8 Å². The second-order valence-corrected chi connectivity index (χ2v) is 8.32. The molecule has 6 heteroatoms. The minimum Gasteiger partial charge on any atom is -0.494 e. The van der Waals surface area contributed by atoms with Crippen LogP contribution in [0, 0.1) is 5.82 Å². The number of rotatable bonds is 5. The maximum atomic E-state index is 13.8. The highest BCUT2D eigenvalue weighted by atomic mass is 19.1. The molecule has 0 amide bonds. The molecule has 0 spiro atoms. The number of aromatic amines is 1. The summed E-state index contributed by atoms with van der Waals surface area (Å²) in [6.45, 7) is 1.50. The number of nitrogens with one attached hydrogen (secondary N) is 1. The van der Waals surface area contributed by atoms with Crippen molar-refractivity contribution in [2.45, 2.75) is 13.0 Å². The van der Waals surface area contributed by atoms with E-state index in [4.69, 9.17) is 9.73 Å². The van der Waals surface area contributed by atoms with Crippen LogP contribution < -0.4 is 4.74 Å². The van der Waals surface area contributed by atoms with E-state index in [2.05, 4.69) is 9.88 Å². The van der Waals surface area contributed by atoms with Gasteiger partial charge in [-0.2, -0.15) is 0 Å². The van der Waals surface area contributed by atoms with E-state index in [9.17, 15) is 9.50 Å². The number of aromatic nitrogens is 1. The topological polar surface area (TPSA) is 60.9 Å². The van der Waals surface area contributed by atoms with E-state index in [1.54, 1.807) is 6.07 Å². The lowest BCUT2D eigenvalue weighted by Crippen LogP contribution is -2.10. The van der Waals surface area contributed by atoms with Gasteiger partial charge in [0, 0.05) is 23.9 Å². The first-order valence-corrected chi connectivity index (χ1v) is 10.6. The van der Waals surface area contributed by atoms with Crippen LogP contribution in [0.25, 0.3) is 10.9 Å². The number of benzene rings is 3. The van der Waals surface area contributed by atoms with Crippen molar-refractivity contribution in [3.63, 3.8) is 0 Å². The molecule has 162 valence electrons. The molecule has 5 rings (SSSR count). The fraction of sp³-hybridized carbons (Fsp3) is 0.192. The summed E-state index contributed by atoms with van der Waals surface area (Å²) < 4.78 is 19.5. The Labute approximate surface area is 185 Å². The highest BCUT2D eigenvalue weighted by Gasteiger charge is 2.21. The summed E-state index contributed by atoms with van der Waals surface area (Å²) in [6, 6.07) is 18.4. The number of ether oxygens (including phenoxy) is 1. The van der Waals surface area contributed by atoms with Gasteiger partial charge in [-0.25, -0.2) is 9.38 Å². The Kier molecular flexibility index (Phi) is 5.15. The maximum absolute atomic E-state index is 13.8. The van der Waals surface area contributed by atoms with Gasteiger partial charge in [0.25, 0.3) is 0 Å². The van der Waals surface area contributed by atoms with Crippen LogP contribution in [0.1, 0.15) is 22.3 Å². The lowest BCUT2D eigenvalue weighted by Gasteiger charge is -2.11. The Morgan fingerprint density at radius 2 is 1.91 bits per heavy atom. The number of halogens is 1. The van der Waals surface area contributed by atoms with E-state index < -0.39 is 0 Å². The van der Waals surface area contributed by atoms with Crippen molar-refractivity contribution < 1.29 is 14.2 Å². The van der Waals surface area contributed by atoms with Crippen LogP contribution in [0.3, 0.4) is 0 Å². The Morgan fingerprint density at radius 3 is 2.69 bits per heavy atom. The number of hydrogen-bond acceptors (Lipinski definition) is 4. The molecule has 1 aromatic heterocycles. The molecule has 0 atom stereocenters. The molecule has 0 fully saturated rings. The molecule has 1 aliphatic rings. The number of aliphatic imine (C=N–C) groups is 1. The Balaban J connectivity index is 1.67. The van der Waals surface area contributed by atoms with Gasteiger partial charge in [-0.15, -0.1) is 0 Å². The van der Waals surface area contributed by atoms with Gasteiger partial charge in [-0.1, -0.05) is 24.3 Å². The number of aromatic hydroxyl groups is 1. The van der Waals surface area contributed by atoms with Crippen LogP contribution in [0.15, 0.2) is 65.7 Å². The van der Waals surface area contributed by atoms with E-state index in [0.717, 1.165) is 35.5 Å². The zero-order valence-electron chi connectivity index (χ0n) is 18.0. The molecule has 0 radical (unpaired) electrons. The highest BCUT2D eigenvalue weighted by molar-refractivity contribution is 6.22. The van der Waals surface area contributed by atoms with E-state index in [1.807, 2.05) is 56.6 Å². The van der Waals surface area contributed by atoms with Gasteiger partial charge in [0.2, 0.25) is 0 Å². The lowest BCUT2D eigenvalue weighted by atomic mass is 9.99. The molecule has 0 saturated carbocycles. The monoisotopic (exact) mass is 429 g/mol. The SMILES string of the molecule is CN(C)Cc1ccc(N=C(c2ccc3c(c2)OCC3)c2c(O)[nH]c3cc(F)ccc23)cc1. The molecule has 2 heterocycles. The Hall–Kier alpha value is -3.64. The number of fused-ring (bicyclic) bond motifs is 2. The predicted octanol–water partition coefficient (Wildman–Crippen LogP) is 5.18. The van der Waals surface area contributed by atoms with Gasteiger partial charge in [0.05, 0.1) is 29.1 Å². The van der Waals surface area contributed by atoms with Crippen molar-refractivity contribution in [1.29, 1.82) is 0 Å². The van der Waals surface area contributed by atoms with E-state index in [1.165, 1.54) is 17.7 Å². The van der Waals surface area contributed by atoms with E-state index >= 15 is 0 Å². The molecular formula is C26H24FN3O2. The van der Waals surface area contributed by atoms with E-state index in [-0.39, 0.29) is 11.7 Å². The smallest absolute Gasteiger partial charge is 0.199 e. The zero-order chi connectivity index (χ0) is 22.2. The summed E-state index contributed by atoms with van der Waals surface area (Å²) in [6.07, 6.45) is 0.882. The van der Waals surface area contributed by atoms with Gasteiger partial charge in [0.1, 0.15) is 11.6 Å². The summed E-state index contributed by atoms with van der Waals surface area (Å²) in [4.78, 5) is 9.92. The van der Waals surface area contributed by atoms with Gasteiger partial charge >= 0.3 is 0 Å². The van der Waals surface area contributed by atoms with Crippen molar-refractivity contribution in [3.05, 3.63) is 88.7 Å². The fourth-order valence-electron chi connectivity index (χ4n) is 4.14. The molecule has 0 bridgehead atoms. The first-order valence-electron chi connectivity index (χ1n) is 10.6. The summed E-state index contributed by atoms with van der Waals surface area (Å²) in [5.74, 6) is 0.420. The standard InChI is InChI=1S/C26H24FN3O2/c1-30(2)15-16-3-8-20(9-4-16)28-25(18-6-5-17-11-12-32-23(17)13-18)24-21-10-7-19(27)14-22(21)29-26(24)31/h3-10,13-14,29,31H,11-12,15H2,1-2H3. The van der Waals surface area contributed by atoms with Crippen molar-refractivity contribution in [3.8, 4) is 11.6 Å². The second kappa shape index (κ2) is 8.13. The van der Waals surface area contributed by atoms with Crippen molar-refractivity contribution in [2.75, 3.05) is 20.7 Å². The maximum Gasteiger partial charge on any atom is 0.199 e. The van der Waals surface area contributed by atoms with Crippen molar-refractivity contribution in [1.82, 2.24) is 9.88 Å². The Morgan fingerprint density at radius 1 is 1.09 bits per heavy atom. The molecular weight excluding hydrogens is 405 g/mol. The molecule has 0 unspecified atom stereocenters. The average Bonchev–Trinajstić information content (AvgIpc) is 3.35. The third kappa shape index (κ3) is 3.85. The van der Waals surface area contributed by atoms with Crippen LogP contribution in [0.5, 0.6) is 11.6 Å². The number of H-pyrrole nitrogens is 1. The summed E-state index contributed by atoms with van der Waals surface area (Å²) >= 11 is 0. The fourth-order valence-corrected chi connectivity index (χ4v) is 4.14. The molecule has 0 saturated heterocycles. The average molecular weight is 429 g/mol. The predicted molar refractivity (Wildman–Crippen MR) is 125 cm³/mol. The minimum atomic E-state index is -0.369. The third-order valence-corrected chi connectivity index (χ3v) is 5.62. The van der Waals surface area contributed by atoms with Crippen molar-refractivity contribution in [2.24, 2.45) is 4.99 Å². The van der Waals surface area contributed by atoms with Gasteiger partial charge in [0.15, 0.2) is 5.88 Å². The lowest BCUT2D eigenvalue weighted by molar-refractivity contribution is 0.357. The third-order valence-electron chi connectivity index (χ3n) is 5.62. The first-order chi connectivity index (χ1) is 15.5. The largest absolute Gasteiger partial charge is 0.494 e. The molecule has 0 aliphatic carbocycles. The molecule has 3 aromatic carbocycles. The van der Waals surface area contributed by atoms with Gasteiger partial charge in [-0.05, 0) is 61.6 Å². The van der Waals surface area contributed by atoms with Crippen LogP contribution >= 0.6 is 0 Å². The normalized spacial score (nSPS) is 13.6. The summed E-state index contributed by atoms with van der Waals surface area (Å²) in [7, 11) is 4.06. The summed E-state index contributed by atoms with van der Waals surface area (Å²) in [5, 5.41) is 11.5. The summed E-state index contributed by atoms with van der Waals surface area (Å²) in [5.41, 5.74) is 5.58. The van der Waals surface area contributed by atoms with Gasteiger partial charge < -0.3 is 19.7 Å². The Bertz CT molecular complexity index is 1320. The first kappa shape index (κ1) is 20.3. The second-order valence-electron chi connectivity index (χ2n) is 8.32. The molecule has 4 aromatic rings. The number of hydrogen-bond donors (Lipinski definition) is 2. The van der Waals surface area contributed by atoms with Gasteiger partial charge in [-0.3, -0.25) is 0 Å². The van der Waals surface area contributed by atoms with Crippen LogP contribution in [-0.2, 0) is 13.0 Å².